The highest BCUT2D eigenvalue weighted by Crippen LogP contribution is 2.37. The Morgan fingerprint density at radius 3 is 2.86 bits per heavy atom. The van der Waals surface area contributed by atoms with Crippen molar-refractivity contribution in [1.82, 2.24) is 5.32 Å². The summed E-state index contributed by atoms with van der Waals surface area (Å²) in [5.74, 6) is 2.05. The van der Waals surface area contributed by atoms with Crippen LogP contribution in [-0.2, 0) is 11.2 Å². The van der Waals surface area contributed by atoms with Crippen LogP contribution in [0.2, 0.25) is 0 Å². The van der Waals surface area contributed by atoms with Crippen LogP contribution >= 0.6 is 0 Å². The second-order valence-electron chi connectivity index (χ2n) is 4.99. The van der Waals surface area contributed by atoms with E-state index < -0.39 is 6.10 Å². The number of ether oxygens (including phenoxy) is 2. The number of nitrogens with one attached hydrogen (secondary N) is 1. The molecule has 2 aromatic carbocycles. The summed E-state index contributed by atoms with van der Waals surface area (Å²) in [7, 11) is 0. The summed E-state index contributed by atoms with van der Waals surface area (Å²) in [5.41, 5.74) is 0.921. The van der Waals surface area contributed by atoms with Crippen LogP contribution in [0.25, 0.3) is 0 Å². The van der Waals surface area contributed by atoms with Crippen LogP contribution < -0.4 is 14.8 Å². The van der Waals surface area contributed by atoms with Crippen molar-refractivity contribution in [3.63, 3.8) is 0 Å². The summed E-state index contributed by atoms with van der Waals surface area (Å²) in [6, 6.07) is 15.2. The van der Waals surface area contributed by atoms with Gasteiger partial charge in [-0.25, -0.2) is 0 Å². The van der Waals surface area contributed by atoms with Gasteiger partial charge in [-0.1, -0.05) is 30.3 Å². The monoisotopic (exact) mass is 295 g/mol. The van der Waals surface area contributed by atoms with Crippen molar-refractivity contribution in [2.45, 2.75) is 12.5 Å². The SMILES string of the molecule is C=CCNC(=O)C1Cc2c(Oc3ccccc3)cccc2O1. The average Bonchev–Trinajstić information content (AvgIpc) is 2.99. The van der Waals surface area contributed by atoms with Crippen molar-refractivity contribution in [2.24, 2.45) is 0 Å². The average molecular weight is 295 g/mol. The zero-order valence-corrected chi connectivity index (χ0v) is 12.1. The molecule has 4 nitrogen and oxygen atoms in total. The predicted molar refractivity (Wildman–Crippen MR) is 84.3 cm³/mol. The fraction of sp³-hybridized carbons (Fsp3) is 0.167. The molecule has 0 bridgehead atoms. The number of carbonyl (C=O) groups is 1. The molecule has 2 aromatic rings. The van der Waals surface area contributed by atoms with Gasteiger partial charge < -0.3 is 14.8 Å². The third kappa shape index (κ3) is 2.96. The minimum atomic E-state index is -0.518. The fourth-order valence-electron chi connectivity index (χ4n) is 2.38. The number of hydrogen-bond acceptors (Lipinski definition) is 3. The normalized spacial score (nSPS) is 15.5. The first-order chi connectivity index (χ1) is 10.8. The zero-order valence-electron chi connectivity index (χ0n) is 12.1. The van der Waals surface area contributed by atoms with Crippen LogP contribution in [0.1, 0.15) is 5.56 Å². The van der Waals surface area contributed by atoms with E-state index in [1.807, 2.05) is 48.5 Å². The maximum atomic E-state index is 12.0. The van der Waals surface area contributed by atoms with Gasteiger partial charge in [0.25, 0.3) is 5.91 Å². The van der Waals surface area contributed by atoms with Gasteiger partial charge in [-0.2, -0.15) is 0 Å². The Labute approximate surface area is 129 Å². The van der Waals surface area contributed by atoms with Gasteiger partial charge in [0.1, 0.15) is 17.2 Å². The molecule has 112 valence electrons. The smallest absolute Gasteiger partial charge is 0.261 e. The molecule has 3 rings (SSSR count). The molecule has 0 saturated heterocycles. The summed E-state index contributed by atoms with van der Waals surface area (Å²) < 4.78 is 11.6. The Hall–Kier alpha value is -2.75. The van der Waals surface area contributed by atoms with E-state index in [1.165, 1.54) is 0 Å². The standard InChI is InChI=1S/C18H17NO3/c1-2-11-19-18(20)17-12-14-15(9-6-10-16(14)22-17)21-13-7-4-3-5-8-13/h2-10,17H,1,11-12H2,(H,19,20). The maximum Gasteiger partial charge on any atom is 0.261 e. The molecule has 1 unspecified atom stereocenters. The Bertz CT molecular complexity index is 682. The van der Waals surface area contributed by atoms with Gasteiger partial charge in [0, 0.05) is 18.5 Å². The number of amides is 1. The van der Waals surface area contributed by atoms with Gasteiger partial charge in [-0.15, -0.1) is 6.58 Å². The highest BCUT2D eigenvalue weighted by atomic mass is 16.5. The number of hydrogen-bond donors (Lipinski definition) is 1. The van der Waals surface area contributed by atoms with Crippen LogP contribution in [0.15, 0.2) is 61.2 Å². The molecular formula is C18H17NO3. The van der Waals surface area contributed by atoms with Gasteiger partial charge in [0.05, 0.1) is 0 Å². The van der Waals surface area contributed by atoms with E-state index in [0.717, 1.165) is 17.1 Å². The lowest BCUT2D eigenvalue weighted by molar-refractivity contribution is -0.127. The van der Waals surface area contributed by atoms with Crippen molar-refractivity contribution >= 4 is 5.91 Å². The Morgan fingerprint density at radius 2 is 2.09 bits per heavy atom. The number of fused-ring (bicyclic) bond motifs is 1. The molecule has 22 heavy (non-hydrogen) atoms. The molecular weight excluding hydrogens is 278 g/mol. The first kappa shape index (κ1) is 14.2. The number of para-hydroxylation sites is 1. The van der Waals surface area contributed by atoms with E-state index in [2.05, 4.69) is 11.9 Å². The Balaban J connectivity index is 1.77. The van der Waals surface area contributed by atoms with Gasteiger partial charge >= 0.3 is 0 Å². The van der Waals surface area contributed by atoms with Gasteiger partial charge in [-0.05, 0) is 24.3 Å². The molecule has 1 heterocycles. The van der Waals surface area contributed by atoms with Crippen LogP contribution in [0.4, 0.5) is 0 Å². The summed E-state index contributed by atoms with van der Waals surface area (Å²) in [5, 5.41) is 2.76. The topological polar surface area (TPSA) is 47.6 Å². The molecule has 1 aliphatic heterocycles. The lowest BCUT2D eigenvalue weighted by Crippen LogP contribution is -2.37. The van der Waals surface area contributed by atoms with Crippen LogP contribution in [0.5, 0.6) is 17.2 Å². The summed E-state index contributed by atoms with van der Waals surface area (Å²) in [4.78, 5) is 12.0. The fourth-order valence-corrected chi connectivity index (χ4v) is 2.38. The minimum absolute atomic E-state index is 0.137. The molecule has 1 N–H and O–H groups in total. The van der Waals surface area contributed by atoms with Crippen molar-refractivity contribution in [1.29, 1.82) is 0 Å². The number of carbonyl (C=O) groups excluding carboxylic acids is 1. The van der Waals surface area contributed by atoms with Crippen LogP contribution in [-0.4, -0.2) is 18.6 Å². The minimum Gasteiger partial charge on any atom is -0.480 e. The zero-order chi connectivity index (χ0) is 15.4. The largest absolute Gasteiger partial charge is 0.480 e. The van der Waals surface area contributed by atoms with E-state index >= 15 is 0 Å². The highest BCUT2D eigenvalue weighted by molar-refractivity contribution is 5.83. The lowest BCUT2D eigenvalue weighted by Gasteiger charge is -2.09. The molecule has 0 spiro atoms. The van der Waals surface area contributed by atoms with Crippen LogP contribution in [0, 0.1) is 0 Å². The molecule has 0 aromatic heterocycles. The maximum absolute atomic E-state index is 12.0. The molecule has 1 amide bonds. The molecule has 0 fully saturated rings. The second kappa shape index (κ2) is 6.35. The Morgan fingerprint density at radius 1 is 1.27 bits per heavy atom. The molecule has 0 aliphatic carbocycles. The van der Waals surface area contributed by atoms with Crippen molar-refractivity contribution in [3.05, 3.63) is 66.7 Å². The third-order valence-electron chi connectivity index (χ3n) is 3.43. The predicted octanol–water partition coefficient (Wildman–Crippen LogP) is 3.08. The first-order valence-corrected chi connectivity index (χ1v) is 7.18. The molecule has 1 aliphatic rings. The number of benzene rings is 2. The molecule has 0 radical (unpaired) electrons. The third-order valence-corrected chi connectivity index (χ3v) is 3.43. The van der Waals surface area contributed by atoms with E-state index in [0.29, 0.717) is 18.7 Å². The second-order valence-corrected chi connectivity index (χ2v) is 4.99. The van der Waals surface area contributed by atoms with Crippen molar-refractivity contribution in [2.75, 3.05) is 6.54 Å². The molecule has 4 heteroatoms. The van der Waals surface area contributed by atoms with Crippen molar-refractivity contribution < 1.29 is 14.3 Å². The quantitative estimate of drug-likeness (QED) is 0.862. The van der Waals surface area contributed by atoms with Gasteiger partial charge in [-0.3, -0.25) is 4.79 Å². The first-order valence-electron chi connectivity index (χ1n) is 7.18. The lowest BCUT2D eigenvalue weighted by atomic mass is 10.1. The van der Waals surface area contributed by atoms with Crippen molar-refractivity contribution in [3.8, 4) is 17.2 Å². The highest BCUT2D eigenvalue weighted by Gasteiger charge is 2.31. The van der Waals surface area contributed by atoms with Crippen LogP contribution in [0.3, 0.4) is 0 Å². The van der Waals surface area contributed by atoms with E-state index in [-0.39, 0.29) is 5.91 Å². The molecule has 0 saturated carbocycles. The summed E-state index contributed by atoms with van der Waals surface area (Å²) in [6.07, 6.45) is 1.63. The molecule has 1 atom stereocenters. The Kier molecular flexibility index (Phi) is 4.10. The van der Waals surface area contributed by atoms with Gasteiger partial charge in [0.2, 0.25) is 0 Å². The van der Waals surface area contributed by atoms with E-state index in [4.69, 9.17) is 9.47 Å². The summed E-state index contributed by atoms with van der Waals surface area (Å²) >= 11 is 0. The van der Waals surface area contributed by atoms with E-state index in [1.54, 1.807) is 6.08 Å². The number of rotatable bonds is 5. The summed E-state index contributed by atoms with van der Waals surface area (Å²) in [6.45, 7) is 4.02. The van der Waals surface area contributed by atoms with E-state index in [9.17, 15) is 4.79 Å². The van der Waals surface area contributed by atoms with Gasteiger partial charge in [0.15, 0.2) is 6.10 Å².